The van der Waals surface area contributed by atoms with E-state index in [2.05, 4.69) is 15.0 Å². The summed E-state index contributed by atoms with van der Waals surface area (Å²) >= 11 is 0. The van der Waals surface area contributed by atoms with E-state index in [9.17, 15) is 4.79 Å². The third-order valence-electron chi connectivity index (χ3n) is 5.46. The second-order valence-electron chi connectivity index (χ2n) is 7.28. The van der Waals surface area contributed by atoms with Gasteiger partial charge in [0, 0.05) is 24.6 Å². The highest BCUT2D eigenvalue weighted by Gasteiger charge is 2.30. The number of hydrogen-bond donors (Lipinski definition) is 0. The Morgan fingerprint density at radius 2 is 1.83 bits per heavy atom. The molecule has 5 rings (SSSR count). The van der Waals surface area contributed by atoms with Crippen molar-refractivity contribution in [1.29, 1.82) is 0 Å². The first-order valence-corrected chi connectivity index (χ1v) is 9.92. The van der Waals surface area contributed by atoms with Gasteiger partial charge in [0.25, 0.3) is 5.91 Å². The molecule has 0 saturated carbocycles. The minimum atomic E-state index is -0.0102. The predicted octanol–water partition coefficient (Wildman–Crippen LogP) is 4.18. The van der Waals surface area contributed by atoms with Crippen molar-refractivity contribution in [3.8, 4) is 5.69 Å². The molecule has 4 aromatic rings. The van der Waals surface area contributed by atoms with Crippen molar-refractivity contribution >= 4 is 17.1 Å². The molecule has 1 aliphatic rings. The smallest absolute Gasteiger partial charge is 0.256 e. The highest BCUT2D eigenvalue weighted by Crippen LogP contribution is 2.31. The fourth-order valence-electron chi connectivity index (χ4n) is 4.02. The van der Waals surface area contributed by atoms with Crippen LogP contribution in [0.25, 0.3) is 16.9 Å². The van der Waals surface area contributed by atoms with Gasteiger partial charge in [-0.15, -0.1) is 0 Å². The van der Waals surface area contributed by atoms with E-state index < -0.39 is 0 Å². The van der Waals surface area contributed by atoms with Crippen LogP contribution in [0.2, 0.25) is 0 Å². The van der Waals surface area contributed by atoms with Crippen LogP contribution in [0.3, 0.4) is 0 Å². The molecule has 1 aromatic carbocycles. The van der Waals surface area contributed by atoms with Crippen LogP contribution in [-0.4, -0.2) is 36.9 Å². The molecule has 1 saturated heterocycles. The summed E-state index contributed by atoms with van der Waals surface area (Å²) in [4.78, 5) is 28.8. The zero-order chi connectivity index (χ0) is 19.6. The molecule has 0 N–H and O–H groups in total. The van der Waals surface area contributed by atoms with Gasteiger partial charge in [0.1, 0.15) is 11.8 Å². The normalized spacial score (nSPS) is 16.8. The van der Waals surface area contributed by atoms with Gasteiger partial charge < -0.3 is 4.90 Å². The highest BCUT2D eigenvalue weighted by molar-refractivity contribution is 5.96. The molecular formula is C23H21N5O. The summed E-state index contributed by atoms with van der Waals surface area (Å²) in [6.07, 6.45) is 8.24. The number of rotatable bonds is 3. The van der Waals surface area contributed by atoms with E-state index in [1.807, 2.05) is 64.1 Å². The molecule has 6 heteroatoms. The second-order valence-corrected chi connectivity index (χ2v) is 7.28. The summed E-state index contributed by atoms with van der Waals surface area (Å²) in [7, 11) is 0. The minimum absolute atomic E-state index is 0.00928. The van der Waals surface area contributed by atoms with Gasteiger partial charge in [0.05, 0.1) is 17.3 Å². The van der Waals surface area contributed by atoms with Crippen LogP contribution in [0.5, 0.6) is 0 Å². The first-order valence-electron chi connectivity index (χ1n) is 9.92. The van der Waals surface area contributed by atoms with E-state index in [0.29, 0.717) is 11.1 Å². The van der Waals surface area contributed by atoms with E-state index in [4.69, 9.17) is 0 Å². The van der Waals surface area contributed by atoms with Crippen molar-refractivity contribution < 1.29 is 4.79 Å². The van der Waals surface area contributed by atoms with Crippen molar-refractivity contribution in [1.82, 2.24) is 24.4 Å². The number of nitrogens with zero attached hydrogens (tertiary/aromatic N) is 5. The number of hydrogen-bond acceptors (Lipinski definition) is 4. The van der Waals surface area contributed by atoms with Gasteiger partial charge in [-0.1, -0.05) is 24.3 Å². The minimum Gasteiger partial charge on any atom is -0.330 e. The molecule has 6 nitrogen and oxygen atoms in total. The molecule has 1 fully saturated rings. The van der Waals surface area contributed by atoms with Crippen molar-refractivity contribution in [2.45, 2.75) is 25.3 Å². The highest BCUT2D eigenvalue weighted by atomic mass is 16.2. The van der Waals surface area contributed by atoms with Crippen LogP contribution in [0.15, 0.2) is 73.3 Å². The molecule has 1 aliphatic heterocycles. The van der Waals surface area contributed by atoms with E-state index in [1.165, 1.54) is 0 Å². The lowest BCUT2D eigenvalue weighted by atomic mass is 9.98. The Morgan fingerprint density at radius 1 is 0.966 bits per heavy atom. The topological polar surface area (TPSA) is 63.9 Å². The maximum Gasteiger partial charge on any atom is 0.256 e. The Hall–Kier alpha value is -3.54. The Bertz CT molecular complexity index is 1140. The largest absolute Gasteiger partial charge is 0.330 e. The Morgan fingerprint density at radius 3 is 2.66 bits per heavy atom. The Kier molecular flexibility index (Phi) is 4.52. The summed E-state index contributed by atoms with van der Waals surface area (Å²) in [5, 5.41) is 0. The number of pyridine rings is 2. The molecular weight excluding hydrogens is 362 g/mol. The number of amides is 1. The number of carbonyl (C=O) groups is 1. The SMILES string of the molecule is O=C(c1cnc2c(c1)ncn2-c1ccccc1)N1CCCCC1c1ccccn1. The maximum atomic E-state index is 13.3. The van der Waals surface area contributed by atoms with Gasteiger partial charge in [-0.2, -0.15) is 0 Å². The first kappa shape index (κ1) is 17.6. The van der Waals surface area contributed by atoms with Crippen LogP contribution in [0.4, 0.5) is 0 Å². The molecule has 144 valence electrons. The fourth-order valence-corrected chi connectivity index (χ4v) is 4.02. The number of para-hydroxylation sites is 1. The van der Waals surface area contributed by atoms with Crippen LogP contribution in [0.1, 0.15) is 41.4 Å². The van der Waals surface area contributed by atoms with Crippen LogP contribution >= 0.6 is 0 Å². The van der Waals surface area contributed by atoms with E-state index in [1.54, 1.807) is 18.7 Å². The molecule has 29 heavy (non-hydrogen) atoms. The molecule has 3 aromatic heterocycles. The van der Waals surface area contributed by atoms with Crippen molar-refractivity contribution in [2.75, 3.05) is 6.54 Å². The average Bonchev–Trinajstić information content (AvgIpc) is 3.23. The Balaban J connectivity index is 1.47. The molecule has 4 heterocycles. The Labute approximate surface area is 168 Å². The molecule has 0 spiro atoms. The maximum absolute atomic E-state index is 13.3. The second kappa shape index (κ2) is 7.47. The summed E-state index contributed by atoms with van der Waals surface area (Å²) in [5.74, 6) is -0.0102. The standard InChI is InChI=1S/C23H21N5O/c29-23(27-13-7-5-11-21(27)19-10-4-6-12-24-19)17-14-20-22(25-15-17)28(16-26-20)18-8-2-1-3-9-18/h1-4,6,8-10,12,14-16,21H,5,7,11,13H2. The number of imidazole rings is 1. The van der Waals surface area contributed by atoms with E-state index in [0.717, 1.165) is 42.8 Å². The first-order chi connectivity index (χ1) is 14.3. The summed E-state index contributed by atoms with van der Waals surface area (Å²) in [5.41, 5.74) is 3.97. The molecule has 1 atom stereocenters. The van der Waals surface area contributed by atoms with Gasteiger partial charge in [-0.05, 0) is 49.6 Å². The predicted molar refractivity (Wildman–Crippen MR) is 111 cm³/mol. The van der Waals surface area contributed by atoms with Gasteiger partial charge in [0.15, 0.2) is 5.65 Å². The summed E-state index contributed by atoms with van der Waals surface area (Å²) in [6.45, 7) is 0.733. The molecule has 0 aliphatic carbocycles. The van der Waals surface area contributed by atoms with Gasteiger partial charge in [-0.3, -0.25) is 14.3 Å². The van der Waals surface area contributed by atoms with Crippen LogP contribution in [0, 0.1) is 0 Å². The van der Waals surface area contributed by atoms with Crippen molar-refractivity contribution in [2.24, 2.45) is 0 Å². The molecule has 0 bridgehead atoms. The zero-order valence-electron chi connectivity index (χ0n) is 16.0. The van der Waals surface area contributed by atoms with Gasteiger partial charge in [-0.25, -0.2) is 9.97 Å². The van der Waals surface area contributed by atoms with Crippen LogP contribution in [-0.2, 0) is 0 Å². The number of fused-ring (bicyclic) bond motifs is 1. The lowest BCUT2D eigenvalue weighted by molar-refractivity contribution is 0.0606. The fraction of sp³-hybridized carbons (Fsp3) is 0.217. The number of benzene rings is 1. The quantitative estimate of drug-likeness (QED) is 0.532. The van der Waals surface area contributed by atoms with Crippen molar-refractivity contribution in [3.05, 3.63) is 84.6 Å². The molecule has 0 radical (unpaired) electrons. The number of carbonyl (C=O) groups excluding carboxylic acids is 1. The summed E-state index contributed by atoms with van der Waals surface area (Å²) in [6, 6.07) is 17.7. The lowest BCUT2D eigenvalue weighted by Crippen LogP contribution is -2.38. The molecule has 1 amide bonds. The van der Waals surface area contributed by atoms with E-state index >= 15 is 0 Å². The third-order valence-corrected chi connectivity index (χ3v) is 5.46. The third kappa shape index (κ3) is 3.27. The number of piperidine rings is 1. The molecule has 1 unspecified atom stereocenters. The van der Waals surface area contributed by atoms with E-state index in [-0.39, 0.29) is 11.9 Å². The average molecular weight is 383 g/mol. The lowest BCUT2D eigenvalue weighted by Gasteiger charge is -2.35. The van der Waals surface area contributed by atoms with Gasteiger partial charge in [0.2, 0.25) is 0 Å². The zero-order valence-corrected chi connectivity index (χ0v) is 16.0. The van der Waals surface area contributed by atoms with Gasteiger partial charge >= 0.3 is 0 Å². The monoisotopic (exact) mass is 383 g/mol. The van der Waals surface area contributed by atoms with Crippen molar-refractivity contribution in [3.63, 3.8) is 0 Å². The number of likely N-dealkylation sites (tertiary alicyclic amines) is 1. The summed E-state index contributed by atoms with van der Waals surface area (Å²) < 4.78 is 1.93. The number of aromatic nitrogens is 4. The van der Waals surface area contributed by atoms with Crippen LogP contribution < -0.4 is 0 Å².